The van der Waals surface area contributed by atoms with E-state index in [9.17, 15) is 26.3 Å². The number of hydrogen-bond donors (Lipinski definition) is 1. The van der Waals surface area contributed by atoms with Crippen molar-refractivity contribution in [1.29, 1.82) is 0 Å². The highest BCUT2D eigenvalue weighted by atomic mass is 19.4. The molecule has 124 valence electrons. The van der Waals surface area contributed by atoms with Gasteiger partial charge in [-0.25, -0.2) is 0 Å². The standard InChI is InChI=1S/C14H16F6N2/c15-13(16,17)10-3-4-12(9(6-10)7-21)22-5-1-2-11(8-22)14(18,19)20/h3-4,6,11H,1-2,5,7-8,21H2. The summed E-state index contributed by atoms with van der Waals surface area (Å²) in [6.07, 6.45) is -8.42. The topological polar surface area (TPSA) is 29.3 Å². The lowest BCUT2D eigenvalue weighted by molar-refractivity contribution is -0.176. The molecule has 2 N–H and O–H groups in total. The largest absolute Gasteiger partial charge is 0.416 e. The Morgan fingerprint density at radius 1 is 1.14 bits per heavy atom. The van der Waals surface area contributed by atoms with E-state index in [1.165, 1.54) is 11.0 Å². The molecule has 1 unspecified atom stereocenters. The number of nitrogens with zero attached hydrogens (tertiary/aromatic N) is 1. The lowest BCUT2D eigenvalue weighted by Gasteiger charge is -2.36. The van der Waals surface area contributed by atoms with Gasteiger partial charge in [-0.2, -0.15) is 26.3 Å². The van der Waals surface area contributed by atoms with E-state index in [2.05, 4.69) is 0 Å². The van der Waals surface area contributed by atoms with Gasteiger partial charge in [0, 0.05) is 25.3 Å². The molecule has 1 aromatic carbocycles. The van der Waals surface area contributed by atoms with Gasteiger partial charge in [0.05, 0.1) is 11.5 Å². The third kappa shape index (κ3) is 3.66. The Morgan fingerprint density at radius 3 is 2.36 bits per heavy atom. The molecule has 0 aliphatic carbocycles. The third-order valence-electron chi connectivity index (χ3n) is 3.85. The Kier molecular flexibility index (Phi) is 4.60. The lowest BCUT2D eigenvalue weighted by atomic mass is 9.96. The molecule has 1 saturated heterocycles. The number of hydrogen-bond acceptors (Lipinski definition) is 2. The molecule has 0 aromatic heterocycles. The normalized spacial score (nSPS) is 20.3. The first-order valence-electron chi connectivity index (χ1n) is 6.84. The number of anilines is 1. The molecular weight excluding hydrogens is 310 g/mol. The highest BCUT2D eigenvalue weighted by molar-refractivity contribution is 5.56. The van der Waals surface area contributed by atoms with Crippen molar-refractivity contribution in [1.82, 2.24) is 0 Å². The maximum absolute atomic E-state index is 12.8. The molecule has 2 rings (SSSR count). The van der Waals surface area contributed by atoms with Gasteiger partial charge in [-0.05, 0) is 36.6 Å². The van der Waals surface area contributed by atoms with Gasteiger partial charge >= 0.3 is 12.4 Å². The Morgan fingerprint density at radius 2 is 1.82 bits per heavy atom. The molecule has 8 heteroatoms. The van der Waals surface area contributed by atoms with Crippen LogP contribution in [0.1, 0.15) is 24.0 Å². The van der Waals surface area contributed by atoms with E-state index in [4.69, 9.17) is 5.73 Å². The van der Waals surface area contributed by atoms with E-state index in [0.717, 1.165) is 12.1 Å². The second-order valence-electron chi connectivity index (χ2n) is 5.37. The number of rotatable bonds is 2. The lowest BCUT2D eigenvalue weighted by Crippen LogP contribution is -2.42. The quantitative estimate of drug-likeness (QED) is 0.834. The molecule has 1 fully saturated rings. The SMILES string of the molecule is NCc1cc(C(F)(F)F)ccc1N1CCCC(C(F)(F)F)C1. The third-order valence-corrected chi connectivity index (χ3v) is 3.85. The molecule has 1 aliphatic rings. The highest BCUT2D eigenvalue weighted by Crippen LogP contribution is 2.37. The van der Waals surface area contributed by atoms with Crippen LogP contribution in [0.2, 0.25) is 0 Å². The molecule has 22 heavy (non-hydrogen) atoms. The zero-order valence-electron chi connectivity index (χ0n) is 11.6. The van der Waals surface area contributed by atoms with E-state index >= 15 is 0 Å². The Hall–Kier alpha value is -1.44. The Labute approximate surface area is 123 Å². The average molecular weight is 326 g/mol. The van der Waals surface area contributed by atoms with Gasteiger partial charge in [0.2, 0.25) is 0 Å². The van der Waals surface area contributed by atoms with Crippen LogP contribution in [0.25, 0.3) is 0 Å². The first-order valence-corrected chi connectivity index (χ1v) is 6.84. The van der Waals surface area contributed by atoms with Gasteiger partial charge in [-0.1, -0.05) is 0 Å². The molecule has 1 atom stereocenters. The molecule has 0 amide bonds. The fourth-order valence-corrected chi connectivity index (χ4v) is 2.70. The van der Waals surface area contributed by atoms with Crippen molar-refractivity contribution >= 4 is 5.69 Å². The van der Waals surface area contributed by atoms with Crippen LogP contribution in [0.15, 0.2) is 18.2 Å². The summed E-state index contributed by atoms with van der Waals surface area (Å²) in [6, 6.07) is 3.00. The van der Waals surface area contributed by atoms with Gasteiger partial charge < -0.3 is 10.6 Å². The zero-order chi connectivity index (χ0) is 16.5. The predicted octanol–water partition coefficient (Wildman–Crippen LogP) is 3.94. The minimum Gasteiger partial charge on any atom is -0.371 e. The van der Waals surface area contributed by atoms with Crippen LogP contribution in [0.3, 0.4) is 0 Å². The number of alkyl halides is 6. The van der Waals surface area contributed by atoms with Crippen molar-refractivity contribution < 1.29 is 26.3 Å². The van der Waals surface area contributed by atoms with Gasteiger partial charge in [0.1, 0.15) is 0 Å². The van der Waals surface area contributed by atoms with Crippen molar-refractivity contribution in [3.05, 3.63) is 29.3 Å². The van der Waals surface area contributed by atoms with Crippen LogP contribution in [0.4, 0.5) is 32.0 Å². The van der Waals surface area contributed by atoms with E-state index in [-0.39, 0.29) is 25.1 Å². The van der Waals surface area contributed by atoms with Crippen LogP contribution in [0.5, 0.6) is 0 Å². The predicted molar refractivity (Wildman–Crippen MR) is 70.3 cm³/mol. The first kappa shape index (κ1) is 16.9. The maximum atomic E-state index is 12.8. The van der Waals surface area contributed by atoms with Crippen LogP contribution in [0, 0.1) is 5.92 Å². The van der Waals surface area contributed by atoms with Crippen LogP contribution in [-0.4, -0.2) is 19.3 Å². The maximum Gasteiger partial charge on any atom is 0.416 e. The number of benzene rings is 1. The van der Waals surface area contributed by atoms with Gasteiger partial charge in [0.15, 0.2) is 0 Å². The highest BCUT2D eigenvalue weighted by Gasteiger charge is 2.42. The van der Waals surface area contributed by atoms with E-state index in [1.54, 1.807) is 0 Å². The Balaban J connectivity index is 2.28. The molecule has 0 bridgehead atoms. The summed E-state index contributed by atoms with van der Waals surface area (Å²) in [5.41, 5.74) is 5.18. The molecule has 0 saturated carbocycles. The number of nitrogens with two attached hydrogens (primary N) is 1. The smallest absolute Gasteiger partial charge is 0.371 e. The summed E-state index contributed by atoms with van der Waals surface area (Å²) in [5, 5.41) is 0. The fraction of sp³-hybridized carbons (Fsp3) is 0.571. The fourth-order valence-electron chi connectivity index (χ4n) is 2.70. The zero-order valence-corrected chi connectivity index (χ0v) is 11.6. The molecule has 0 spiro atoms. The summed E-state index contributed by atoms with van der Waals surface area (Å²) in [6.45, 7) is -0.0285. The average Bonchev–Trinajstić information content (AvgIpc) is 2.45. The van der Waals surface area contributed by atoms with Crippen molar-refractivity contribution in [2.75, 3.05) is 18.0 Å². The molecular formula is C14H16F6N2. The minimum atomic E-state index is -4.50. The minimum absolute atomic E-state index is 0.0403. The molecule has 1 aromatic rings. The van der Waals surface area contributed by atoms with Crippen LogP contribution < -0.4 is 10.6 Å². The van der Waals surface area contributed by atoms with Crippen LogP contribution >= 0.6 is 0 Å². The molecule has 1 heterocycles. The monoisotopic (exact) mass is 326 g/mol. The number of piperidine rings is 1. The number of halogens is 6. The molecule has 0 radical (unpaired) electrons. The summed E-state index contributed by atoms with van der Waals surface area (Å²) in [7, 11) is 0. The summed E-state index contributed by atoms with van der Waals surface area (Å²) >= 11 is 0. The van der Waals surface area contributed by atoms with Crippen molar-refractivity contribution in [3.8, 4) is 0 Å². The Bertz CT molecular complexity index is 523. The van der Waals surface area contributed by atoms with Crippen molar-refractivity contribution in [2.24, 2.45) is 11.7 Å². The van der Waals surface area contributed by atoms with Crippen molar-refractivity contribution in [3.63, 3.8) is 0 Å². The van der Waals surface area contributed by atoms with Gasteiger partial charge in [-0.15, -0.1) is 0 Å². The van der Waals surface area contributed by atoms with Gasteiger partial charge in [0.25, 0.3) is 0 Å². The summed E-state index contributed by atoms with van der Waals surface area (Å²) < 4.78 is 76.6. The summed E-state index contributed by atoms with van der Waals surface area (Å²) in [4.78, 5) is 1.48. The second-order valence-corrected chi connectivity index (χ2v) is 5.37. The molecule has 1 aliphatic heterocycles. The van der Waals surface area contributed by atoms with E-state index < -0.39 is 23.8 Å². The van der Waals surface area contributed by atoms with E-state index in [1.807, 2.05) is 0 Å². The second kappa shape index (κ2) is 5.98. The van der Waals surface area contributed by atoms with Crippen LogP contribution in [-0.2, 0) is 12.7 Å². The molecule has 2 nitrogen and oxygen atoms in total. The van der Waals surface area contributed by atoms with E-state index in [0.29, 0.717) is 18.7 Å². The summed E-state index contributed by atoms with van der Waals surface area (Å²) in [5.74, 6) is -1.46. The van der Waals surface area contributed by atoms with Gasteiger partial charge in [-0.3, -0.25) is 0 Å². The van der Waals surface area contributed by atoms with Crippen molar-refractivity contribution in [2.45, 2.75) is 31.7 Å². The first-order chi connectivity index (χ1) is 10.1.